The minimum atomic E-state index is -0.579. The van der Waals surface area contributed by atoms with Gasteiger partial charge in [0.25, 0.3) is 0 Å². The van der Waals surface area contributed by atoms with Gasteiger partial charge in [-0.2, -0.15) is 10.4 Å². The third-order valence-corrected chi connectivity index (χ3v) is 4.75. The van der Waals surface area contributed by atoms with Crippen molar-refractivity contribution in [2.24, 2.45) is 0 Å². The van der Waals surface area contributed by atoms with Crippen LogP contribution in [0.2, 0.25) is 0 Å². The molecule has 2 aromatic carbocycles. The van der Waals surface area contributed by atoms with E-state index in [0.717, 1.165) is 5.69 Å². The highest BCUT2D eigenvalue weighted by Gasteiger charge is 2.18. The van der Waals surface area contributed by atoms with Crippen LogP contribution in [0.1, 0.15) is 22.5 Å². The second-order valence-corrected chi connectivity index (χ2v) is 6.66. The van der Waals surface area contributed by atoms with Crippen LogP contribution in [0.5, 0.6) is 17.2 Å². The van der Waals surface area contributed by atoms with Crippen molar-refractivity contribution in [3.8, 4) is 29.0 Å². The van der Waals surface area contributed by atoms with Gasteiger partial charge in [0.1, 0.15) is 24.0 Å². The lowest BCUT2D eigenvalue weighted by atomic mass is 10.1. The Bertz CT molecular complexity index is 1180. The summed E-state index contributed by atoms with van der Waals surface area (Å²) in [4.78, 5) is 12.4. The second kappa shape index (κ2) is 10.2. The second-order valence-electron chi connectivity index (χ2n) is 6.66. The lowest BCUT2D eigenvalue weighted by Crippen LogP contribution is -2.08. The first-order valence-electron chi connectivity index (χ1n) is 9.71. The summed E-state index contributed by atoms with van der Waals surface area (Å²) in [5, 5.41) is 14.0. The van der Waals surface area contributed by atoms with Crippen LogP contribution in [-0.4, -0.2) is 37.1 Å². The quantitative estimate of drug-likeness (QED) is 0.393. The number of carbonyl (C=O) groups excluding carboxylic acids is 1. The molecule has 8 nitrogen and oxygen atoms in total. The highest BCUT2D eigenvalue weighted by atomic mass is 16.5. The Morgan fingerprint density at radius 1 is 1.06 bits per heavy atom. The van der Waals surface area contributed by atoms with Crippen molar-refractivity contribution in [2.75, 3.05) is 21.3 Å². The van der Waals surface area contributed by atoms with Crippen LogP contribution in [0.15, 0.2) is 48.5 Å². The zero-order valence-electron chi connectivity index (χ0n) is 18.3. The van der Waals surface area contributed by atoms with Gasteiger partial charge in [0.15, 0.2) is 11.5 Å². The predicted molar refractivity (Wildman–Crippen MR) is 118 cm³/mol. The molecule has 1 heterocycles. The van der Waals surface area contributed by atoms with Crippen LogP contribution in [-0.2, 0) is 16.1 Å². The van der Waals surface area contributed by atoms with Crippen LogP contribution in [0.25, 0.3) is 11.8 Å². The Morgan fingerprint density at radius 2 is 1.72 bits per heavy atom. The van der Waals surface area contributed by atoms with Gasteiger partial charge in [-0.3, -0.25) is 0 Å². The van der Waals surface area contributed by atoms with Gasteiger partial charge in [0.2, 0.25) is 0 Å². The molecule has 32 heavy (non-hydrogen) atoms. The first kappa shape index (κ1) is 22.4. The van der Waals surface area contributed by atoms with Gasteiger partial charge in [0, 0.05) is 17.7 Å². The van der Waals surface area contributed by atoms with Gasteiger partial charge in [-0.1, -0.05) is 18.2 Å². The molecule has 0 aliphatic carbocycles. The molecule has 0 unspecified atom stereocenters. The molecule has 0 N–H and O–H groups in total. The van der Waals surface area contributed by atoms with Crippen LogP contribution < -0.4 is 14.2 Å². The van der Waals surface area contributed by atoms with Crippen LogP contribution in [0, 0.1) is 18.3 Å². The van der Waals surface area contributed by atoms with Gasteiger partial charge >= 0.3 is 5.97 Å². The number of hydrogen-bond acceptors (Lipinski definition) is 7. The smallest absolute Gasteiger partial charge is 0.331 e. The molecule has 0 fully saturated rings. The van der Waals surface area contributed by atoms with Crippen LogP contribution in [0.4, 0.5) is 0 Å². The number of esters is 1. The lowest BCUT2D eigenvalue weighted by Gasteiger charge is -2.12. The molecule has 0 radical (unpaired) electrons. The van der Waals surface area contributed by atoms with Gasteiger partial charge in [-0.15, -0.1) is 0 Å². The molecule has 0 saturated carbocycles. The Hall–Kier alpha value is -4.25. The molecule has 164 valence electrons. The van der Waals surface area contributed by atoms with Crippen molar-refractivity contribution in [2.45, 2.75) is 13.5 Å². The summed E-state index contributed by atoms with van der Waals surface area (Å²) in [5.41, 5.74) is 2.83. The number of ether oxygens (including phenoxy) is 4. The number of carbonyl (C=O) groups is 1. The zero-order chi connectivity index (χ0) is 23.1. The summed E-state index contributed by atoms with van der Waals surface area (Å²) in [7, 11) is 4.58. The predicted octanol–water partition coefficient (Wildman–Crippen LogP) is 3.83. The number of nitriles is 1. The van der Waals surface area contributed by atoms with Crippen molar-refractivity contribution < 1.29 is 23.7 Å². The molecular formula is C24H23N3O5. The molecular weight excluding hydrogens is 410 g/mol. The van der Waals surface area contributed by atoms with E-state index >= 15 is 0 Å². The summed E-state index contributed by atoms with van der Waals surface area (Å²) in [5.74, 6) is 0.945. The summed E-state index contributed by atoms with van der Waals surface area (Å²) >= 11 is 0. The molecule has 0 spiro atoms. The molecule has 1 aromatic heterocycles. The minimum absolute atomic E-state index is 0.106. The molecule has 3 rings (SSSR count). The number of methoxy groups -OCH3 is 3. The molecule has 0 saturated heterocycles. The van der Waals surface area contributed by atoms with Crippen molar-refractivity contribution in [1.82, 2.24) is 9.78 Å². The highest BCUT2D eigenvalue weighted by Crippen LogP contribution is 2.35. The van der Waals surface area contributed by atoms with Crippen molar-refractivity contribution in [3.05, 3.63) is 71.1 Å². The topological polar surface area (TPSA) is 95.6 Å². The standard InChI is InChI=1S/C24H23N3O5/c1-16-19(14-25)20(27(26-16)18-8-6-5-7-9-18)15-32-24(28)11-10-17-12-22(30-3)23(31-4)13-21(17)29-2/h5-13H,15H2,1-4H3/b11-10+. The number of nitrogens with zero attached hydrogens (tertiary/aromatic N) is 3. The largest absolute Gasteiger partial charge is 0.496 e. The number of aromatic nitrogens is 2. The SMILES string of the molecule is COc1cc(OC)c(OC)cc1/C=C/C(=O)OCc1c(C#N)c(C)nn1-c1ccccc1. The van der Waals surface area contributed by atoms with E-state index in [2.05, 4.69) is 11.2 Å². The maximum Gasteiger partial charge on any atom is 0.331 e. The number of hydrogen-bond donors (Lipinski definition) is 0. The summed E-state index contributed by atoms with van der Waals surface area (Å²) in [6, 6.07) is 14.9. The van der Waals surface area contributed by atoms with Crippen molar-refractivity contribution >= 4 is 12.0 Å². The lowest BCUT2D eigenvalue weighted by molar-refractivity contribution is -0.139. The number of benzene rings is 2. The molecule has 0 aliphatic rings. The van der Waals surface area contributed by atoms with Gasteiger partial charge in [0.05, 0.1) is 38.4 Å². The Kier molecular flexibility index (Phi) is 7.13. The van der Waals surface area contributed by atoms with Gasteiger partial charge in [-0.05, 0) is 31.2 Å². The molecule has 8 heteroatoms. The average Bonchev–Trinajstić information content (AvgIpc) is 3.16. The van der Waals surface area contributed by atoms with Crippen LogP contribution >= 0.6 is 0 Å². The van der Waals surface area contributed by atoms with Crippen LogP contribution in [0.3, 0.4) is 0 Å². The van der Waals surface area contributed by atoms with Crippen molar-refractivity contribution in [3.63, 3.8) is 0 Å². The number of para-hydroxylation sites is 1. The summed E-state index contributed by atoms with van der Waals surface area (Å²) in [6.07, 6.45) is 2.85. The molecule has 3 aromatic rings. The highest BCUT2D eigenvalue weighted by molar-refractivity contribution is 5.88. The summed E-state index contributed by atoms with van der Waals surface area (Å²) < 4.78 is 22.9. The fourth-order valence-electron chi connectivity index (χ4n) is 3.17. The maximum atomic E-state index is 12.4. The molecule has 0 atom stereocenters. The van der Waals surface area contributed by atoms with Gasteiger partial charge in [-0.25, -0.2) is 9.48 Å². The third-order valence-electron chi connectivity index (χ3n) is 4.75. The normalized spacial score (nSPS) is 10.6. The van der Waals surface area contributed by atoms with E-state index in [4.69, 9.17) is 18.9 Å². The first-order chi connectivity index (χ1) is 15.5. The Morgan fingerprint density at radius 3 is 2.34 bits per heavy atom. The van der Waals surface area contributed by atoms with E-state index in [0.29, 0.717) is 39.8 Å². The average molecular weight is 433 g/mol. The first-order valence-corrected chi connectivity index (χ1v) is 9.71. The van der Waals surface area contributed by atoms with E-state index in [1.165, 1.54) is 27.4 Å². The third kappa shape index (κ3) is 4.73. The fraction of sp³-hybridized carbons (Fsp3) is 0.208. The molecule has 0 amide bonds. The maximum absolute atomic E-state index is 12.4. The minimum Gasteiger partial charge on any atom is -0.496 e. The van der Waals surface area contributed by atoms with Gasteiger partial charge < -0.3 is 18.9 Å². The number of rotatable bonds is 8. The van der Waals surface area contributed by atoms with E-state index in [-0.39, 0.29) is 6.61 Å². The summed E-state index contributed by atoms with van der Waals surface area (Å²) in [6.45, 7) is 1.64. The zero-order valence-corrected chi connectivity index (χ0v) is 18.3. The Labute approximate surface area is 186 Å². The fourth-order valence-corrected chi connectivity index (χ4v) is 3.17. The van der Waals surface area contributed by atoms with E-state index in [1.54, 1.807) is 29.8 Å². The Balaban J connectivity index is 1.80. The molecule has 0 bridgehead atoms. The number of aryl methyl sites for hydroxylation is 1. The molecule has 0 aliphatic heterocycles. The van der Waals surface area contributed by atoms with Crippen molar-refractivity contribution in [1.29, 1.82) is 5.26 Å². The van der Waals surface area contributed by atoms with E-state index in [9.17, 15) is 10.1 Å². The monoisotopic (exact) mass is 433 g/mol. The van der Waals surface area contributed by atoms with E-state index < -0.39 is 5.97 Å². The van der Waals surface area contributed by atoms with E-state index in [1.807, 2.05) is 30.3 Å².